The van der Waals surface area contributed by atoms with Gasteiger partial charge in [0.1, 0.15) is 4.75 Å². The number of fused-ring (bicyclic) bond motifs is 1. The summed E-state index contributed by atoms with van der Waals surface area (Å²) in [5.41, 5.74) is 0.760. The van der Waals surface area contributed by atoms with Gasteiger partial charge in [0.2, 0.25) is 9.84 Å². The van der Waals surface area contributed by atoms with E-state index >= 15 is 0 Å². The first-order valence-electron chi connectivity index (χ1n) is 7.45. The van der Waals surface area contributed by atoms with Gasteiger partial charge in [0.25, 0.3) is 11.1 Å². The molecule has 1 unspecified atom stereocenters. The highest BCUT2D eigenvalue weighted by molar-refractivity contribution is 7.93. The zero-order chi connectivity index (χ0) is 17.3. The maximum absolute atomic E-state index is 14.3. The van der Waals surface area contributed by atoms with Gasteiger partial charge in [0.05, 0.1) is 6.04 Å². The van der Waals surface area contributed by atoms with E-state index < -0.39 is 44.3 Å². The molecule has 0 saturated heterocycles. The summed E-state index contributed by atoms with van der Waals surface area (Å²) >= 11 is 0. The first-order valence-corrected chi connectivity index (χ1v) is 8.94. The Labute approximate surface area is 136 Å². The van der Waals surface area contributed by atoms with Crippen molar-refractivity contribution in [2.75, 3.05) is 0 Å². The molecule has 3 atom stereocenters. The molecule has 9 heteroatoms. The van der Waals surface area contributed by atoms with Crippen molar-refractivity contribution in [1.82, 2.24) is 14.8 Å². The summed E-state index contributed by atoms with van der Waals surface area (Å²) in [5, 5.41) is 3.17. The molecule has 24 heavy (non-hydrogen) atoms. The van der Waals surface area contributed by atoms with Crippen molar-refractivity contribution in [3.05, 3.63) is 41.7 Å². The molecule has 0 radical (unpaired) electrons. The Morgan fingerprint density at radius 3 is 2.46 bits per heavy atom. The molecular weight excluding hydrogens is 343 g/mol. The van der Waals surface area contributed by atoms with E-state index in [1.807, 2.05) is 0 Å². The van der Waals surface area contributed by atoms with E-state index in [9.17, 15) is 21.6 Å². The van der Waals surface area contributed by atoms with Crippen LogP contribution in [0.1, 0.15) is 43.4 Å². The minimum atomic E-state index is -4.44. The number of hydrogen-bond donors (Lipinski definition) is 0. The van der Waals surface area contributed by atoms with Crippen LogP contribution in [-0.4, -0.2) is 33.9 Å². The smallest absolute Gasteiger partial charge is 0.239 e. The maximum atomic E-state index is 14.3. The summed E-state index contributed by atoms with van der Waals surface area (Å²) in [6.07, 6.45) is -2.17. The second-order valence-corrected chi connectivity index (χ2v) is 8.72. The molecule has 2 aliphatic rings. The van der Waals surface area contributed by atoms with Crippen LogP contribution in [0.15, 0.2) is 35.5 Å². The molecule has 0 bridgehead atoms. The summed E-state index contributed by atoms with van der Waals surface area (Å²) in [6.45, 7) is 0.968. The third-order valence-corrected chi connectivity index (χ3v) is 7.15. The number of hydrogen-bond acceptors (Lipinski definition) is 4. The molecule has 1 saturated carbocycles. The van der Waals surface area contributed by atoms with E-state index in [-0.39, 0.29) is 12.2 Å². The predicted molar refractivity (Wildman–Crippen MR) is 78.2 cm³/mol. The van der Waals surface area contributed by atoms with Crippen molar-refractivity contribution in [2.45, 2.75) is 47.8 Å². The van der Waals surface area contributed by atoms with Crippen LogP contribution < -0.4 is 0 Å². The molecule has 1 aliphatic heterocycles. The Hall–Kier alpha value is -1.90. The van der Waals surface area contributed by atoms with Crippen molar-refractivity contribution in [2.24, 2.45) is 0 Å². The Morgan fingerprint density at radius 2 is 1.88 bits per heavy atom. The van der Waals surface area contributed by atoms with Crippen LogP contribution in [0.2, 0.25) is 0 Å². The van der Waals surface area contributed by atoms with Crippen LogP contribution in [0.5, 0.6) is 0 Å². The summed E-state index contributed by atoms with van der Waals surface area (Å²) in [7, 11) is -4.44. The van der Waals surface area contributed by atoms with Crippen molar-refractivity contribution >= 4 is 9.84 Å². The summed E-state index contributed by atoms with van der Waals surface area (Å²) in [5.74, 6) is -3.44. The fourth-order valence-electron chi connectivity index (χ4n) is 3.10. The minimum Gasteiger partial charge on any atom is -0.239 e. The van der Waals surface area contributed by atoms with Gasteiger partial charge in [-0.3, -0.25) is 0 Å². The van der Waals surface area contributed by atoms with Crippen molar-refractivity contribution in [3.63, 3.8) is 0 Å². The number of benzene rings is 1. The number of sulfone groups is 1. The molecule has 1 aliphatic carbocycles. The van der Waals surface area contributed by atoms with E-state index in [1.54, 1.807) is 30.3 Å². The third kappa shape index (κ3) is 1.90. The molecule has 1 aromatic heterocycles. The van der Waals surface area contributed by atoms with Crippen molar-refractivity contribution < 1.29 is 21.6 Å². The van der Waals surface area contributed by atoms with Gasteiger partial charge in [-0.25, -0.2) is 26.3 Å². The lowest BCUT2D eigenvalue weighted by molar-refractivity contribution is 0.107. The van der Waals surface area contributed by atoms with E-state index in [1.165, 1.54) is 4.68 Å². The second kappa shape index (κ2) is 4.59. The Bertz CT molecular complexity index is 913. The quantitative estimate of drug-likeness (QED) is 0.847. The third-order valence-electron chi connectivity index (χ3n) is 4.87. The second-order valence-electron chi connectivity index (χ2n) is 6.44. The molecular formula is C15H14F3N3O2S. The van der Waals surface area contributed by atoms with Gasteiger partial charge in [0.15, 0.2) is 12.0 Å². The number of aromatic nitrogens is 3. The topological polar surface area (TPSA) is 64.8 Å². The molecule has 0 N–H and O–H groups in total. The molecule has 1 aromatic carbocycles. The lowest BCUT2D eigenvalue weighted by atomic mass is 10.0. The van der Waals surface area contributed by atoms with Crippen LogP contribution in [0.3, 0.4) is 0 Å². The minimum absolute atomic E-state index is 0.0904. The van der Waals surface area contributed by atoms with Crippen LogP contribution in [0.4, 0.5) is 13.2 Å². The van der Waals surface area contributed by atoms with E-state index in [0.717, 1.165) is 12.5 Å². The first-order chi connectivity index (χ1) is 11.2. The van der Waals surface area contributed by atoms with Gasteiger partial charge in [0, 0.05) is 12.8 Å². The number of halogens is 3. The molecule has 0 spiro atoms. The Balaban J connectivity index is 1.77. The van der Waals surface area contributed by atoms with Crippen LogP contribution in [0.25, 0.3) is 0 Å². The standard InChI is InChI=1S/C15H14F3N3O2S/c1-14(8-15(14,17)18)24(22,23)13-19-12-10(16)7-11(21(12)20-13)9-5-3-2-4-6-9/h2-6,10-11H,7-8H2,1H3/t10-,11-,14?/m0/s1. The number of alkyl halides is 3. The average molecular weight is 357 g/mol. The molecule has 0 amide bonds. The van der Waals surface area contributed by atoms with E-state index in [2.05, 4.69) is 10.1 Å². The monoisotopic (exact) mass is 357 g/mol. The highest BCUT2D eigenvalue weighted by Crippen LogP contribution is 2.59. The highest BCUT2D eigenvalue weighted by atomic mass is 32.2. The zero-order valence-electron chi connectivity index (χ0n) is 12.7. The van der Waals surface area contributed by atoms with Gasteiger partial charge in [-0.1, -0.05) is 30.3 Å². The maximum Gasteiger partial charge on any atom is 0.269 e. The molecule has 4 rings (SSSR count). The van der Waals surface area contributed by atoms with E-state index in [4.69, 9.17) is 0 Å². The fraction of sp³-hybridized carbons (Fsp3) is 0.467. The SMILES string of the molecule is CC1(S(=O)(=O)c2nc3n(n2)[C@H](c2ccccc2)C[C@@H]3F)CC1(F)F. The average Bonchev–Trinajstić information content (AvgIpc) is 2.87. The van der Waals surface area contributed by atoms with Gasteiger partial charge >= 0.3 is 0 Å². The highest BCUT2D eigenvalue weighted by Gasteiger charge is 2.76. The largest absolute Gasteiger partial charge is 0.269 e. The van der Waals surface area contributed by atoms with Gasteiger partial charge in [-0.15, -0.1) is 5.10 Å². The molecule has 128 valence electrons. The van der Waals surface area contributed by atoms with Gasteiger partial charge in [-0.05, 0) is 12.5 Å². The number of nitrogens with zero attached hydrogens (tertiary/aromatic N) is 3. The molecule has 1 fully saturated rings. The van der Waals surface area contributed by atoms with Crippen LogP contribution in [0, 0.1) is 0 Å². The Morgan fingerprint density at radius 1 is 1.25 bits per heavy atom. The van der Waals surface area contributed by atoms with Crippen molar-refractivity contribution in [1.29, 1.82) is 0 Å². The molecule has 2 aromatic rings. The Kier molecular flexibility index (Phi) is 2.99. The molecule has 2 heterocycles. The summed E-state index contributed by atoms with van der Waals surface area (Å²) in [6, 6.07) is 8.42. The lowest BCUT2D eigenvalue weighted by Gasteiger charge is -2.12. The summed E-state index contributed by atoms with van der Waals surface area (Å²) < 4.78 is 65.1. The van der Waals surface area contributed by atoms with Gasteiger partial charge in [-0.2, -0.15) is 4.98 Å². The zero-order valence-corrected chi connectivity index (χ0v) is 13.5. The number of rotatable bonds is 3. The first kappa shape index (κ1) is 15.6. The fourth-order valence-corrected chi connectivity index (χ4v) is 4.67. The molecule has 5 nitrogen and oxygen atoms in total. The summed E-state index contributed by atoms with van der Waals surface area (Å²) in [4.78, 5) is 3.75. The lowest BCUT2D eigenvalue weighted by Crippen LogP contribution is -2.28. The van der Waals surface area contributed by atoms with Crippen LogP contribution in [-0.2, 0) is 9.84 Å². The van der Waals surface area contributed by atoms with Crippen molar-refractivity contribution in [3.8, 4) is 0 Å². The van der Waals surface area contributed by atoms with Gasteiger partial charge < -0.3 is 0 Å². The van der Waals surface area contributed by atoms with Crippen LogP contribution >= 0.6 is 0 Å². The predicted octanol–water partition coefficient (Wildman–Crippen LogP) is 2.85. The van der Waals surface area contributed by atoms with E-state index in [0.29, 0.717) is 0 Å². The normalized spacial score (nSPS) is 31.0.